The molecule has 2 unspecified atom stereocenters. The van der Waals surface area contributed by atoms with Crippen molar-refractivity contribution in [3.8, 4) is 0 Å². The van der Waals surface area contributed by atoms with Crippen LogP contribution in [-0.2, 0) is 20.0 Å². The van der Waals surface area contributed by atoms with Gasteiger partial charge in [-0.1, -0.05) is 8.96 Å². The molecule has 0 bridgehead atoms. The van der Waals surface area contributed by atoms with Gasteiger partial charge in [0.1, 0.15) is 4.75 Å². The van der Waals surface area contributed by atoms with Crippen LogP contribution < -0.4 is 5.14 Å². The second-order valence-electron chi connectivity index (χ2n) is 2.99. The maximum Gasteiger partial charge on any atom is 0.355 e. The van der Waals surface area contributed by atoms with Crippen LogP contribution in [0, 0.1) is 0 Å². The lowest BCUT2D eigenvalue weighted by Crippen LogP contribution is -2.40. The average Bonchev–Trinajstić information content (AvgIpc) is 2.47. The van der Waals surface area contributed by atoms with Crippen molar-refractivity contribution in [1.82, 2.24) is 4.75 Å². The fraction of sp³-hybridized carbons (Fsp3) is 1.00. The summed E-state index contributed by atoms with van der Waals surface area (Å²) in [7, 11) is -12.9. The van der Waals surface area contributed by atoms with E-state index >= 15 is 0 Å². The monoisotopic (exact) mass is 308 g/mol. The third-order valence-electron chi connectivity index (χ3n) is 2.09. The Morgan fingerprint density at radius 3 is 1.41 bits per heavy atom. The molecule has 0 radical (unpaired) electrons. The van der Waals surface area contributed by atoms with Crippen molar-refractivity contribution < 1.29 is 43.4 Å². The molecule has 0 aromatic rings. The Morgan fingerprint density at radius 2 is 1.24 bits per heavy atom. The Morgan fingerprint density at radius 1 is 0.882 bits per heavy atom. The Bertz CT molecular complexity index is 558. The van der Waals surface area contributed by atoms with E-state index in [2.05, 4.69) is 5.14 Å². The highest BCUT2D eigenvalue weighted by molar-refractivity contribution is 7.95. The van der Waals surface area contributed by atoms with Gasteiger partial charge < -0.3 is 0 Å². The van der Waals surface area contributed by atoms with Gasteiger partial charge in [-0.3, -0.25) is 0 Å². The van der Waals surface area contributed by atoms with Crippen LogP contribution in [0.5, 0.6) is 0 Å². The maximum absolute atomic E-state index is 13.2. The molecule has 14 heteroatoms. The smallest absolute Gasteiger partial charge is 0.226 e. The van der Waals surface area contributed by atoms with Crippen LogP contribution in [-0.4, -0.2) is 37.5 Å². The largest absolute Gasteiger partial charge is 0.355 e. The van der Waals surface area contributed by atoms with E-state index in [4.69, 9.17) is 0 Å². The molecule has 1 fully saturated rings. The summed E-state index contributed by atoms with van der Waals surface area (Å²) in [5.41, 5.74) is 0. The summed E-state index contributed by atoms with van der Waals surface area (Å²) in [6, 6.07) is 0. The van der Waals surface area contributed by atoms with Crippen LogP contribution in [0.2, 0.25) is 0 Å². The molecule has 0 aliphatic heterocycles. The number of rotatable bonds is 3. The standard InChI is InChI=1S/C3H2F6N2O4S2/c4-1(5)2(6,16(10,12)13)3(1,7)17(14,15)11(8)9/h(H2,10,12,13). The number of alkyl halides is 4. The van der Waals surface area contributed by atoms with E-state index in [1.807, 2.05) is 0 Å². The zero-order chi connectivity index (χ0) is 14.1. The summed E-state index contributed by atoms with van der Waals surface area (Å²) in [4.78, 5) is 0. The molecule has 0 heterocycles. The second kappa shape index (κ2) is 3.04. The Balaban J connectivity index is 3.58. The third-order valence-corrected chi connectivity index (χ3v) is 5.15. The number of hydrogen-bond donors (Lipinski definition) is 1. The van der Waals surface area contributed by atoms with Gasteiger partial charge in [0, 0.05) is 0 Å². The number of nitrogens with zero attached hydrogens (tertiary/aromatic N) is 1. The zero-order valence-electron chi connectivity index (χ0n) is 7.24. The number of primary sulfonamides is 1. The molecule has 102 valence electrons. The predicted octanol–water partition coefficient (Wildman–Crippen LogP) is -0.344. The molecule has 1 saturated carbocycles. The molecule has 2 N–H and O–H groups in total. The van der Waals surface area contributed by atoms with Crippen LogP contribution in [0.1, 0.15) is 0 Å². The molecular weight excluding hydrogens is 306 g/mol. The van der Waals surface area contributed by atoms with Gasteiger partial charge in [0.05, 0.1) is 0 Å². The molecule has 0 saturated heterocycles. The molecule has 1 aliphatic rings. The Kier molecular flexibility index (Phi) is 2.59. The first-order chi connectivity index (χ1) is 7.19. The van der Waals surface area contributed by atoms with Gasteiger partial charge in [0.25, 0.3) is 10.0 Å². The zero-order valence-corrected chi connectivity index (χ0v) is 8.87. The first-order valence-electron chi connectivity index (χ1n) is 3.34. The van der Waals surface area contributed by atoms with E-state index in [0.717, 1.165) is 0 Å². The molecule has 2 atom stereocenters. The van der Waals surface area contributed by atoms with Gasteiger partial charge in [0.15, 0.2) is 0 Å². The number of nitrogens with two attached hydrogens (primary N) is 1. The summed E-state index contributed by atoms with van der Waals surface area (Å²) in [6.45, 7) is 0. The van der Waals surface area contributed by atoms with E-state index in [1.165, 1.54) is 0 Å². The normalized spacial score (nSPS) is 37.2. The minimum absolute atomic E-state index is 3.05. The lowest BCUT2D eigenvalue weighted by Gasteiger charge is -2.08. The quantitative estimate of drug-likeness (QED) is 0.569. The minimum Gasteiger partial charge on any atom is -0.226 e. The highest BCUT2D eigenvalue weighted by Crippen LogP contribution is 2.72. The van der Waals surface area contributed by atoms with Gasteiger partial charge in [-0.15, -0.1) is 0 Å². The van der Waals surface area contributed by atoms with E-state index in [-0.39, 0.29) is 0 Å². The SMILES string of the molecule is NS(=O)(=O)C1(F)C(F)(F)C1(F)S(=O)(=O)N(F)F. The van der Waals surface area contributed by atoms with Gasteiger partial charge in [-0.2, -0.15) is 8.78 Å². The summed E-state index contributed by atoms with van der Waals surface area (Å²) in [5, 5.41) is -7.25. The molecule has 0 spiro atoms. The molecule has 6 nitrogen and oxygen atoms in total. The van der Waals surface area contributed by atoms with Gasteiger partial charge in [-0.25, -0.2) is 30.8 Å². The molecule has 0 amide bonds. The average molecular weight is 308 g/mol. The van der Waals surface area contributed by atoms with E-state index in [1.54, 1.807) is 0 Å². The molecule has 0 aromatic heterocycles. The first-order valence-corrected chi connectivity index (χ1v) is 6.32. The van der Waals surface area contributed by atoms with Crippen molar-refractivity contribution in [3.63, 3.8) is 0 Å². The summed E-state index contributed by atoms with van der Waals surface area (Å²) >= 11 is 0. The fourth-order valence-corrected chi connectivity index (χ4v) is 3.89. The predicted molar refractivity (Wildman–Crippen MR) is 38.7 cm³/mol. The van der Waals surface area contributed by atoms with Crippen LogP contribution in [0.3, 0.4) is 0 Å². The fourth-order valence-electron chi connectivity index (χ4n) is 1.16. The van der Waals surface area contributed by atoms with Crippen LogP contribution >= 0.6 is 0 Å². The summed E-state index contributed by atoms with van der Waals surface area (Å²) in [6.07, 6.45) is 0. The molecular formula is C3H2F6N2O4S2. The third kappa shape index (κ3) is 1.18. The Hall–Kier alpha value is -0.600. The van der Waals surface area contributed by atoms with Crippen LogP contribution in [0.25, 0.3) is 0 Å². The van der Waals surface area contributed by atoms with E-state index in [9.17, 15) is 43.4 Å². The van der Waals surface area contributed by atoms with E-state index in [0.29, 0.717) is 0 Å². The molecule has 1 aliphatic carbocycles. The van der Waals surface area contributed by atoms with Crippen molar-refractivity contribution in [2.24, 2.45) is 5.14 Å². The van der Waals surface area contributed by atoms with Gasteiger partial charge >= 0.3 is 25.9 Å². The second-order valence-corrected chi connectivity index (χ2v) is 6.43. The van der Waals surface area contributed by atoms with Crippen molar-refractivity contribution in [2.75, 3.05) is 0 Å². The molecule has 17 heavy (non-hydrogen) atoms. The molecule has 0 aromatic carbocycles. The van der Waals surface area contributed by atoms with Crippen LogP contribution in [0.4, 0.5) is 26.5 Å². The van der Waals surface area contributed by atoms with Gasteiger partial charge in [-0.05, 0) is 0 Å². The maximum atomic E-state index is 13.2. The topological polar surface area (TPSA) is 97.5 Å². The number of hydrogen-bond acceptors (Lipinski definition) is 4. The van der Waals surface area contributed by atoms with Gasteiger partial charge in [0.2, 0.25) is 0 Å². The molecule has 1 rings (SSSR count). The van der Waals surface area contributed by atoms with Crippen molar-refractivity contribution in [2.45, 2.75) is 15.9 Å². The minimum atomic E-state index is -6.85. The highest BCUT2D eigenvalue weighted by Gasteiger charge is 3.08. The lowest BCUT2D eigenvalue weighted by atomic mass is 10.8. The number of halogens is 6. The summed E-state index contributed by atoms with van der Waals surface area (Å²) in [5.74, 6) is -5.75. The van der Waals surface area contributed by atoms with Crippen molar-refractivity contribution in [1.29, 1.82) is 0 Å². The van der Waals surface area contributed by atoms with Crippen LogP contribution in [0.15, 0.2) is 0 Å². The van der Waals surface area contributed by atoms with Crippen molar-refractivity contribution in [3.05, 3.63) is 0 Å². The number of sulfonamides is 2. The first kappa shape index (κ1) is 14.5. The van der Waals surface area contributed by atoms with E-state index < -0.39 is 40.7 Å². The Labute approximate surface area is 89.9 Å². The van der Waals surface area contributed by atoms with Crippen molar-refractivity contribution >= 4 is 20.0 Å². The highest BCUT2D eigenvalue weighted by atomic mass is 32.2. The lowest BCUT2D eigenvalue weighted by molar-refractivity contribution is -0.0610. The summed E-state index contributed by atoms with van der Waals surface area (Å²) < 4.78 is 114.